The Morgan fingerprint density at radius 3 is 2.50 bits per heavy atom. The fourth-order valence-corrected chi connectivity index (χ4v) is 1.56. The molecule has 0 radical (unpaired) electrons. The number of hydrogen-bond donors (Lipinski definition) is 1. The van der Waals surface area contributed by atoms with Crippen LogP contribution in [0.15, 0.2) is 18.3 Å². The maximum atomic E-state index is 5.74. The van der Waals surface area contributed by atoms with Crippen LogP contribution in [0.1, 0.15) is 30.3 Å². The third-order valence-corrected chi connectivity index (χ3v) is 2.36. The Bertz CT molecular complexity index is 484. The van der Waals surface area contributed by atoms with Gasteiger partial charge in [-0.05, 0) is 32.9 Å². The van der Waals surface area contributed by atoms with Gasteiger partial charge in [0, 0.05) is 6.04 Å². The molecule has 0 aromatic carbocycles. The van der Waals surface area contributed by atoms with Crippen LogP contribution in [-0.4, -0.2) is 19.7 Å². The van der Waals surface area contributed by atoms with Crippen molar-refractivity contribution in [2.45, 2.75) is 26.8 Å². The van der Waals surface area contributed by atoms with E-state index in [1.54, 1.807) is 10.9 Å². The second kappa shape index (κ2) is 4.02. The number of nitrogens with two attached hydrogens (primary N) is 1. The van der Waals surface area contributed by atoms with Crippen molar-refractivity contribution in [3.8, 4) is 5.69 Å². The first-order chi connectivity index (χ1) is 7.58. The van der Waals surface area contributed by atoms with E-state index in [0.29, 0.717) is 0 Å². The minimum Gasteiger partial charge on any atom is -0.323 e. The third kappa shape index (κ3) is 1.94. The predicted octanol–water partition coefficient (Wildman–Crippen LogP) is 1.30. The topological polar surface area (TPSA) is 69.6 Å². The SMILES string of the molecule is Cc1nc(C)n(-c2ccc([C@H](C)N)nc2)n1. The largest absolute Gasteiger partial charge is 0.323 e. The zero-order chi connectivity index (χ0) is 11.7. The summed E-state index contributed by atoms with van der Waals surface area (Å²) in [5, 5.41) is 4.29. The lowest BCUT2D eigenvalue weighted by Crippen LogP contribution is -2.08. The van der Waals surface area contributed by atoms with E-state index in [-0.39, 0.29) is 6.04 Å². The summed E-state index contributed by atoms with van der Waals surface area (Å²) in [7, 11) is 0. The smallest absolute Gasteiger partial charge is 0.148 e. The van der Waals surface area contributed by atoms with Crippen LogP contribution in [0.2, 0.25) is 0 Å². The summed E-state index contributed by atoms with van der Waals surface area (Å²) in [5.74, 6) is 1.61. The molecule has 2 N–H and O–H groups in total. The highest BCUT2D eigenvalue weighted by Gasteiger charge is 2.06. The molecule has 2 rings (SSSR count). The molecule has 0 aliphatic rings. The number of rotatable bonds is 2. The molecule has 2 aromatic heterocycles. The number of nitrogens with zero attached hydrogens (tertiary/aromatic N) is 4. The lowest BCUT2D eigenvalue weighted by Gasteiger charge is -2.06. The van der Waals surface area contributed by atoms with E-state index >= 15 is 0 Å². The Labute approximate surface area is 94.3 Å². The maximum absolute atomic E-state index is 5.74. The Morgan fingerprint density at radius 2 is 2.06 bits per heavy atom. The van der Waals surface area contributed by atoms with Gasteiger partial charge in [0.15, 0.2) is 0 Å². The van der Waals surface area contributed by atoms with Gasteiger partial charge in [-0.3, -0.25) is 4.98 Å². The monoisotopic (exact) mass is 217 g/mol. The van der Waals surface area contributed by atoms with E-state index in [0.717, 1.165) is 23.0 Å². The number of aryl methyl sites for hydroxylation is 2. The van der Waals surface area contributed by atoms with Gasteiger partial charge in [-0.2, -0.15) is 5.10 Å². The Kier molecular flexibility index (Phi) is 2.70. The fraction of sp³-hybridized carbons (Fsp3) is 0.364. The van der Waals surface area contributed by atoms with Crippen molar-refractivity contribution in [2.24, 2.45) is 5.73 Å². The van der Waals surface area contributed by atoms with Crippen LogP contribution in [0.25, 0.3) is 5.69 Å². The Hall–Kier alpha value is -1.75. The number of pyridine rings is 1. The van der Waals surface area contributed by atoms with Gasteiger partial charge in [0.25, 0.3) is 0 Å². The molecule has 84 valence electrons. The zero-order valence-electron chi connectivity index (χ0n) is 9.68. The van der Waals surface area contributed by atoms with Gasteiger partial charge >= 0.3 is 0 Å². The van der Waals surface area contributed by atoms with Gasteiger partial charge in [-0.25, -0.2) is 9.67 Å². The molecule has 0 fully saturated rings. The van der Waals surface area contributed by atoms with Crippen molar-refractivity contribution in [2.75, 3.05) is 0 Å². The van der Waals surface area contributed by atoms with Crippen molar-refractivity contribution in [3.63, 3.8) is 0 Å². The summed E-state index contributed by atoms with van der Waals surface area (Å²) in [6, 6.07) is 3.82. The molecular weight excluding hydrogens is 202 g/mol. The summed E-state index contributed by atoms with van der Waals surface area (Å²) >= 11 is 0. The van der Waals surface area contributed by atoms with Gasteiger partial charge in [-0.15, -0.1) is 0 Å². The average Bonchev–Trinajstić information content (AvgIpc) is 2.58. The van der Waals surface area contributed by atoms with Crippen LogP contribution in [0.3, 0.4) is 0 Å². The van der Waals surface area contributed by atoms with Crippen LogP contribution in [-0.2, 0) is 0 Å². The summed E-state index contributed by atoms with van der Waals surface area (Å²) in [4.78, 5) is 8.54. The molecule has 5 nitrogen and oxygen atoms in total. The molecule has 2 heterocycles. The summed E-state index contributed by atoms with van der Waals surface area (Å²) in [5.41, 5.74) is 7.52. The summed E-state index contributed by atoms with van der Waals surface area (Å²) < 4.78 is 1.77. The summed E-state index contributed by atoms with van der Waals surface area (Å²) in [6.45, 7) is 5.69. The van der Waals surface area contributed by atoms with Gasteiger partial charge in [0.05, 0.1) is 17.6 Å². The number of hydrogen-bond acceptors (Lipinski definition) is 4. The lowest BCUT2D eigenvalue weighted by atomic mass is 10.2. The molecule has 0 unspecified atom stereocenters. The first-order valence-corrected chi connectivity index (χ1v) is 5.20. The summed E-state index contributed by atoms with van der Waals surface area (Å²) in [6.07, 6.45) is 1.76. The van der Waals surface area contributed by atoms with Crippen molar-refractivity contribution in [1.82, 2.24) is 19.7 Å². The lowest BCUT2D eigenvalue weighted by molar-refractivity contribution is 0.770. The molecule has 5 heteroatoms. The van der Waals surface area contributed by atoms with Gasteiger partial charge in [0.2, 0.25) is 0 Å². The molecule has 0 saturated carbocycles. The molecule has 0 spiro atoms. The second-order valence-corrected chi connectivity index (χ2v) is 3.85. The van der Waals surface area contributed by atoms with E-state index < -0.39 is 0 Å². The Morgan fingerprint density at radius 1 is 1.31 bits per heavy atom. The first kappa shape index (κ1) is 10.8. The highest BCUT2D eigenvalue weighted by Crippen LogP contribution is 2.11. The molecule has 2 aromatic rings. The number of aromatic nitrogens is 4. The first-order valence-electron chi connectivity index (χ1n) is 5.20. The van der Waals surface area contributed by atoms with E-state index in [1.807, 2.05) is 32.9 Å². The second-order valence-electron chi connectivity index (χ2n) is 3.85. The molecule has 1 atom stereocenters. The third-order valence-electron chi connectivity index (χ3n) is 2.36. The van der Waals surface area contributed by atoms with Gasteiger partial charge in [-0.1, -0.05) is 0 Å². The minimum absolute atomic E-state index is 0.0485. The van der Waals surface area contributed by atoms with Crippen molar-refractivity contribution < 1.29 is 0 Å². The molecule has 0 saturated heterocycles. The normalized spacial score (nSPS) is 12.8. The quantitative estimate of drug-likeness (QED) is 0.823. The van der Waals surface area contributed by atoms with Crippen molar-refractivity contribution >= 4 is 0 Å². The minimum atomic E-state index is -0.0485. The average molecular weight is 217 g/mol. The van der Waals surface area contributed by atoms with Crippen molar-refractivity contribution in [3.05, 3.63) is 35.7 Å². The highest BCUT2D eigenvalue weighted by molar-refractivity contribution is 5.30. The maximum Gasteiger partial charge on any atom is 0.148 e. The molecule has 0 bridgehead atoms. The van der Waals surface area contributed by atoms with E-state index in [1.165, 1.54) is 0 Å². The molecule has 0 amide bonds. The van der Waals surface area contributed by atoms with E-state index in [9.17, 15) is 0 Å². The Balaban J connectivity index is 2.38. The van der Waals surface area contributed by atoms with Crippen LogP contribution in [0.5, 0.6) is 0 Å². The highest BCUT2D eigenvalue weighted by atomic mass is 15.3. The van der Waals surface area contributed by atoms with Crippen LogP contribution >= 0.6 is 0 Å². The molecule has 0 aliphatic heterocycles. The molecular formula is C11H15N5. The standard InChI is InChI=1S/C11H15N5/c1-7(12)11-5-4-10(6-13-11)16-9(3)14-8(2)15-16/h4-7H,12H2,1-3H3/t7-/m0/s1. The van der Waals surface area contributed by atoms with E-state index in [4.69, 9.17) is 5.73 Å². The zero-order valence-corrected chi connectivity index (χ0v) is 9.68. The molecule has 16 heavy (non-hydrogen) atoms. The molecule has 0 aliphatic carbocycles. The predicted molar refractivity (Wildman–Crippen MR) is 61.2 cm³/mol. The van der Waals surface area contributed by atoms with Gasteiger partial charge < -0.3 is 5.73 Å². The van der Waals surface area contributed by atoms with Gasteiger partial charge in [0.1, 0.15) is 11.6 Å². The van der Waals surface area contributed by atoms with E-state index in [2.05, 4.69) is 15.1 Å². The van der Waals surface area contributed by atoms with Crippen LogP contribution < -0.4 is 5.73 Å². The van der Waals surface area contributed by atoms with Crippen molar-refractivity contribution in [1.29, 1.82) is 0 Å². The van der Waals surface area contributed by atoms with Crippen LogP contribution in [0.4, 0.5) is 0 Å². The fourth-order valence-electron chi connectivity index (χ4n) is 1.56. The van der Waals surface area contributed by atoms with Crippen LogP contribution in [0, 0.1) is 13.8 Å².